The third-order valence-corrected chi connectivity index (χ3v) is 7.45. The Kier molecular flexibility index (Phi) is 5.82. The first-order chi connectivity index (χ1) is 18.7. The van der Waals surface area contributed by atoms with Crippen LogP contribution in [-0.4, -0.2) is 53.7 Å². The second-order valence-electron chi connectivity index (χ2n) is 11.0. The normalized spacial score (nSPS) is 17.9. The SMILES string of the molecule is COc1ccc(C2C3=C(CC(C)(C)CC3=O)Oc3ncn4nc(-c5ccc(N(C)C)cc5)nc4c32)cc1OC. The molecule has 2 aliphatic rings. The molecule has 0 radical (unpaired) electrons. The summed E-state index contributed by atoms with van der Waals surface area (Å²) in [6, 6.07) is 13.8. The Balaban J connectivity index is 1.56. The number of benzene rings is 2. The molecule has 1 aliphatic heterocycles. The van der Waals surface area contributed by atoms with Crippen molar-refractivity contribution in [3.05, 3.63) is 71.3 Å². The van der Waals surface area contributed by atoms with Gasteiger partial charge in [0, 0.05) is 43.8 Å². The number of ketones is 1. The minimum atomic E-state index is -0.448. The van der Waals surface area contributed by atoms with Crippen LogP contribution >= 0.6 is 0 Å². The third-order valence-electron chi connectivity index (χ3n) is 7.45. The first-order valence-electron chi connectivity index (χ1n) is 12.9. The largest absolute Gasteiger partial charge is 0.493 e. The Bertz CT molecular complexity index is 1640. The van der Waals surface area contributed by atoms with Crippen LogP contribution < -0.4 is 19.1 Å². The van der Waals surface area contributed by atoms with Gasteiger partial charge in [0.25, 0.3) is 0 Å². The van der Waals surface area contributed by atoms with Crippen LogP contribution in [0.3, 0.4) is 0 Å². The lowest BCUT2D eigenvalue weighted by molar-refractivity contribution is -0.118. The number of fused-ring (bicyclic) bond motifs is 3. The highest BCUT2D eigenvalue weighted by Crippen LogP contribution is 2.51. The Labute approximate surface area is 227 Å². The van der Waals surface area contributed by atoms with Crippen LogP contribution in [0.25, 0.3) is 17.0 Å². The van der Waals surface area contributed by atoms with Crippen molar-refractivity contribution >= 4 is 17.1 Å². The fourth-order valence-electron chi connectivity index (χ4n) is 5.54. The van der Waals surface area contributed by atoms with Gasteiger partial charge < -0.3 is 19.1 Å². The van der Waals surface area contributed by atoms with Crippen molar-refractivity contribution in [2.45, 2.75) is 32.6 Å². The van der Waals surface area contributed by atoms with Crippen LogP contribution in [0.4, 0.5) is 5.69 Å². The first-order valence-corrected chi connectivity index (χ1v) is 12.9. The monoisotopic (exact) mass is 525 g/mol. The molecule has 2 aromatic carbocycles. The molecule has 4 aromatic rings. The molecule has 0 amide bonds. The van der Waals surface area contributed by atoms with Crippen molar-refractivity contribution in [1.29, 1.82) is 0 Å². The van der Waals surface area contributed by atoms with Gasteiger partial charge >= 0.3 is 0 Å². The maximum atomic E-state index is 13.7. The van der Waals surface area contributed by atoms with Gasteiger partial charge in [0.05, 0.1) is 25.7 Å². The number of carbonyl (C=O) groups is 1. The van der Waals surface area contributed by atoms with E-state index in [0.717, 1.165) is 16.8 Å². The van der Waals surface area contributed by atoms with E-state index in [4.69, 9.17) is 24.3 Å². The molecular weight excluding hydrogens is 494 g/mol. The average molecular weight is 526 g/mol. The van der Waals surface area contributed by atoms with Gasteiger partial charge in [-0.05, 0) is 47.4 Å². The summed E-state index contributed by atoms with van der Waals surface area (Å²) < 4.78 is 19.1. The molecule has 0 fully saturated rings. The molecule has 0 saturated heterocycles. The molecule has 3 heterocycles. The summed E-state index contributed by atoms with van der Waals surface area (Å²) in [6.07, 6.45) is 2.69. The summed E-state index contributed by atoms with van der Waals surface area (Å²) in [6.45, 7) is 4.17. The number of carbonyl (C=O) groups excluding carboxylic acids is 1. The number of hydrogen-bond acceptors (Lipinski definition) is 8. The van der Waals surface area contributed by atoms with E-state index in [1.807, 2.05) is 61.5 Å². The molecular formula is C30H31N5O4. The number of rotatable bonds is 5. The zero-order chi connectivity index (χ0) is 27.5. The number of Topliss-reactive ketones (excluding diaryl/α,β-unsaturated/α-hetero) is 1. The Morgan fingerprint density at radius 3 is 2.46 bits per heavy atom. The smallest absolute Gasteiger partial charge is 0.228 e. The molecule has 2 aromatic heterocycles. The lowest BCUT2D eigenvalue weighted by Crippen LogP contribution is -2.33. The molecule has 9 heteroatoms. The van der Waals surface area contributed by atoms with Gasteiger partial charge in [0.15, 0.2) is 28.8 Å². The molecule has 1 atom stereocenters. The molecule has 0 N–H and O–H groups in total. The predicted octanol–water partition coefficient (Wildman–Crippen LogP) is 5.04. The van der Waals surface area contributed by atoms with Crippen molar-refractivity contribution in [1.82, 2.24) is 19.6 Å². The highest BCUT2D eigenvalue weighted by molar-refractivity contribution is 6.00. The van der Waals surface area contributed by atoms with Crippen LogP contribution in [0.2, 0.25) is 0 Å². The number of nitrogens with zero attached hydrogens (tertiary/aromatic N) is 5. The number of aromatic nitrogens is 4. The Morgan fingerprint density at radius 1 is 1.03 bits per heavy atom. The lowest BCUT2D eigenvalue weighted by atomic mass is 9.70. The van der Waals surface area contributed by atoms with Crippen molar-refractivity contribution in [3.63, 3.8) is 0 Å². The van der Waals surface area contributed by atoms with Gasteiger partial charge in [-0.25, -0.2) is 14.5 Å². The fourth-order valence-corrected chi connectivity index (χ4v) is 5.54. The molecule has 200 valence electrons. The summed E-state index contributed by atoms with van der Waals surface area (Å²) in [5.74, 6) is 2.48. The summed E-state index contributed by atoms with van der Waals surface area (Å²) in [7, 11) is 7.21. The fraction of sp³-hybridized carbons (Fsp3) is 0.333. The average Bonchev–Trinajstić information content (AvgIpc) is 3.35. The van der Waals surface area contributed by atoms with Crippen molar-refractivity contribution < 1.29 is 19.0 Å². The second-order valence-corrected chi connectivity index (χ2v) is 11.0. The topological polar surface area (TPSA) is 91.1 Å². The molecule has 1 aliphatic carbocycles. The minimum absolute atomic E-state index is 0.0627. The quantitative estimate of drug-likeness (QED) is 0.358. The van der Waals surface area contributed by atoms with Gasteiger partial charge in [-0.3, -0.25) is 4.79 Å². The summed E-state index contributed by atoms with van der Waals surface area (Å²) in [4.78, 5) is 25.3. The zero-order valence-electron chi connectivity index (χ0n) is 23.0. The predicted molar refractivity (Wildman–Crippen MR) is 148 cm³/mol. The number of ether oxygens (including phenoxy) is 3. The second kappa shape index (κ2) is 9.11. The van der Waals surface area contributed by atoms with E-state index in [2.05, 4.69) is 18.8 Å². The van der Waals surface area contributed by atoms with E-state index in [0.29, 0.717) is 58.6 Å². The molecule has 1 unspecified atom stereocenters. The summed E-state index contributed by atoms with van der Waals surface area (Å²) >= 11 is 0. The highest BCUT2D eigenvalue weighted by atomic mass is 16.5. The summed E-state index contributed by atoms with van der Waals surface area (Å²) in [5.41, 5.74) is 4.57. The molecule has 39 heavy (non-hydrogen) atoms. The molecule has 9 nitrogen and oxygen atoms in total. The van der Waals surface area contributed by atoms with E-state index in [9.17, 15) is 4.79 Å². The number of anilines is 1. The maximum Gasteiger partial charge on any atom is 0.228 e. The standard InChI is InChI=1S/C30H31N5O4/c1-30(2)14-20(36)25-23(15-30)39-29-26(24(25)18-9-12-21(37-5)22(13-18)38-6)28-32-27(33-35(28)16-31-29)17-7-10-19(11-8-17)34(3)4/h7-13,16,24H,14-15H2,1-6H3. The number of allylic oxidation sites excluding steroid dienone is 2. The first kappa shape index (κ1) is 24.9. The van der Waals surface area contributed by atoms with Gasteiger partial charge in [-0.1, -0.05) is 19.9 Å². The van der Waals surface area contributed by atoms with Crippen LogP contribution in [0.1, 0.15) is 43.7 Å². The van der Waals surface area contributed by atoms with Crippen molar-refractivity contribution in [2.24, 2.45) is 5.41 Å². The van der Waals surface area contributed by atoms with Crippen LogP contribution in [0, 0.1) is 5.41 Å². The zero-order valence-corrected chi connectivity index (χ0v) is 23.0. The number of hydrogen-bond donors (Lipinski definition) is 0. The van der Waals surface area contributed by atoms with E-state index in [1.165, 1.54) is 0 Å². The van der Waals surface area contributed by atoms with E-state index in [1.54, 1.807) is 25.1 Å². The Morgan fingerprint density at radius 2 is 1.77 bits per heavy atom. The van der Waals surface area contributed by atoms with Gasteiger partial charge in [0.2, 0.25) is 5.88 Å². The molecule has 0 spiro atoms. The van der Waals surface area contributed by atoms with E-state index >= 15 is 0 Å². The van der Waals surface area contributed by atoms with Crippen molar-refractivity contribution in [3.8, 4) is 28.8 Å². The Hall–Kier alpha value is -4.40. The minimum Gasteiger partial charge on any atom is -0.493 e. The molecule has 0 bridgehead atoms. The van der Waals surface area contributed by atoms with E-state index in [-0.39, 0.29) is 11.2 Å². The van der Waals surface area contributed by atoms with Crippen LogP contribution in [-0.2, 0) is 4.79 Å². The van der Waals surface area contributed by atoms with Gasteiger partial charge in [0.1, 0.15) is 12.1 Å². The van der Waals surface area contributed by atoms with Gasteiger partial charge in [-0.2, -0.15) is 0 Å². The summed E-state index contributed by atoms with van der Waals surface area (Å²) in [5, 5.41) is 4.73. The molecule has 0 saturated carbocycles. The third kappa shape index (κ3) is 4.18. The molecule has 6 rings (SSSR count). The maximum absolute atomic E-state index is 13.7. The highest BCUT2D eigenvalue weighted by Gasteiger charge is 2.44. The van der Waals surface area contributed by atoms with Crippen LogP contribution in [0.15, 0.2) is 60.1 Å². The number of methoxy groups -OCH3 is 2. The lowest BCUT2D eigenvalue weighted by Gasteiger charge is -2.37. The van der Waals surface area contributed by atoms with E-state index < -0.39 is 5.92 Å². The van der Waals surface area contributed by atoms with Crippen LogP contribution in [0.5, 0.6) is 17.4 Å². The van der Waals surface area contributed by atoms with Crippen molar-refractivity contribution in [2.75, 3.05) is 33.2 Å². The van der Waals surface area contributed by atoms with Gasteiger partial charge in [-0.15, -0.1) is 5.10 Å².